The van der Waals surface area contributed by atoms with E-state index in [0.717, 1.165) is 16.8 Å². The van der Waals surface area contributed by atoms with E-state index in [1.165, 1.54) is 0 Å². The Morgan fingerprint density at radius 3 is 2.53 bits per heavy atom. The molecule has 4 nitrogen and oxygen atoms in total. The van der Waals surface area contributed by atoms with E-state index in [1.54, 1.807) is 13.2 Å². The van der Waals surface area contributed by atoms with Crippen LogP contribution in [0.4, 0.5) is 0 Å². The summed E-state index contributed by atoms with van der Waals surface area (Å²) in [6, 6.07) is 9.54. The molecule has 88 valence electrons. The maximum Gasteiger partial charge on any atom is 0.176 e. The Kier molecular flexibility index (Phi) is 3.35. The first-order valence-electron chi connectivity index (χ1n) is 5.48. The van der Waals surface area contributed by atoms with Crippen molar-refractivity contribution in [2.24, 2.45) is 7.05 Å². The second-order valence-electron chi connectivity index (χ2n) is 3.87. The molecule has 0 aliphatic heterocycles. The summed E-state index contributed by atoms with van der Waals surface area (Å²) in [4.78, 5) is 11.6. The Hall–Kier alpha value is -1.94. The van der Waals surface area contributed by atoms with Crippen molar-refractivity contribution >= 4 is 5.78 Å². The lowest BCUT2D eigenvalue weighted by Crippen LogP contribution is -2.18. The molecule has 4 heteroatoms. The number of nitrogens with zero attached hydrogens (tertiary/aromatic N) is 2. The Morgan fingerprint density at radius 1 is 1.29 bits per heavy atom. The molecule has 0 saturated carbocycles. The Bertz CT molecular complexity index is 514. The fourth-order valence-electron chi connectivity index (χ4n) is 1.75. The van der Waals surface area contributed by atoms with Gasteiger partial charge in [0.25, 0.3) is 0 Å². The molecule has 0 radical (unpaired) electrons. The van der Waals surface area contributed by atoms with Gasteiger partial charge in [0.2, 0.25) is 0 Å². The highest BCUT2D eigenvalue weighted by molar-refractivity contribution is 5.97. The van der Waals surface area contributed by atoms with Crippen LogP contribution in [0.1, 0.15) is 10.4 Å². The van der Waals surface area contributed by atoms with Crippen molar-refractivity contribution in [2.45, 2.75) is 0 Å². The van der Waals surface area contributed by atoms with Gasteiger partial charge in [-0.1, -0.05) is 24.3 Å². The smallest absolute Gasteiger partial charge is 0.176 e. The van der Waals surface area contributed by atoms with Gasteiger partial charge in [-0.05, 0) is 18.7 Å². The molecule has 17 heavy (non-hydrogen) atoms. The van der Waals surface area contributed by atoms with E-state index in [-0.39, 0.29) is 5.78 Å². The Labute approximate surface area is 100 Å². The lowest BCUT2D eigenvalue weighted by atomic mass is 10.1. The number of aryl methyl sites for hydroxylation is 1. The molecule has 0 saturated heterocycles. The second kappa shape index (κ2) is 4.93. The molecule has 1 aromatic heterocycles. The van der Waals surface area contributed by atoms with Crippen molar-refractivity contribution < 1.29 is 4.79 Å². The summed E-state index contributed by atoms with van der Waals surface area (Å²) < 4.78 is 1.81. The first-order chi connectivity index (χ1) is 8.22. The van der Waals surface area contributed by atoms with E-state index in [4.69, 9.17) is 0 Å². The van der Waals surface area contributed by atoms with Crippen molar-refractivity contribution in [1.82, 2.24) is 15.1 Å². The monoisotopic (exact) mass is 229 g/mol. The molecule has 1 aromatic carbocycles. The maximum atomic E-state index is 11.6. The zero-order valence-electron chi connectivity index (χ0n) is 9.97. The van der Waals surface area contributed by atoms with Gasteiger partial charge in [-0.15, -0.1) is 0 Å². The van der Waals surface area contributed by atoms with E-state index < -0.39 is 0 Å². The summed E-state index contributed by atoms with van der Waals surface area (Å²) in [5.74, 6) is 0.101. The van der Waals surface area contributed by atoms with Crippen LogP contribution in [0.15, 0.2) is 36.5 Å². The number of Topliss-reactive ketones (excluding diaryl/α,β-unsaturated/α-hetero) is 1. The molecule has 0 aliphatic rings. The zero-order chi connectivity index (χ0) is 12.3. The van der Waals surface area contributed by atoms with Gasteiger partial charge in [-0.2, -0.15) is 5.10 Å². The summed E-state index contributed by atoms with van der Waals surface area (Å²) in [5, 5.41) is 6.97. The van der Waals surface area contributed by atoms with E-state index in [1.807, 2.05) is 42.1 Å². The van der Waals surface area contributed by atoms with Crippen LogP contribution in [-0.2, 0) is 7.05 Å². The highest BCUT2D eigenvalue weighted by Crippen LogP contribution is 2.18. The van der Waals surface area contributed by atoms with Crippen molar-refractivity contribution in [3.63, 3.8) is 0 Å². The van der Waals surface area contributed by atoms with Crippen LogP contribution in [0.25, 0.3) is 11.3 Å². The van der Waals surface area contributed by atoms with Crippen LogP contribution in [-0.4, -0.2) is 29.2 Å². The lowest BCUT2D eigenvalue weighted by molar-refractivity contribution is 0.0993. The molecule has 0 atom stereocenters. The first-order valence-corrected chi connectivity index (χ1v) is 5.48. The van der Waals surface area contributed by atoms with Crippen LogP contribution in [0.3, 0.4) is 0 Å². The average molecular weight is 229 g/mol. The number of rotatable bonds is 4. The summed E-state index contributed by atoms with van der Waals surface area (Å²) in [6.07, 6.45) is 1.76. The fourth-order valence-corrected chi connectivity index (χ4v) is 1.75. The van der Waals surface area contributed by atoms with Gasteiger partial charge in [0.1, 0.15) is 0 Å². The minimum absolute atomic E-state index is 0.101. The van der Waals surface area contributed by atoms with Crippen molar-refractivity contribution in [1.29, 1.82) is 0 Å². The third-order valence-corrected chi connectivity index (χ3v) is 2.66. The predicted octanol–water partition coefficient (Wildman–Crippen LogP) is 1.49. The SMILES string of the molecule is CNCC(=O)c1ccc(-c2ccnn2C)cc1. The number of benzene rings is 1. The lowest BCUT2D eigenvalue weighted by Gasteiger charge is -2.04. The minimum Gasteiger partial charge on any atom is -0.313 e. The zero-order valence-corrected chi connectivity index (χ0v) is 9.97. The molecule has 0 aliphatic carbocycles. The van der Waals surface area contributed by atoms with Crippen LogP contribution >= 0.6 is 0 Å². The van der Waals surface area contributed by atoms with Crippen LogP contribution in [0.5, 0.6) is 0 Å². The van der Waals surface area contributed by atoms with E-state index in [9.17, 15) is 4.79 Å². The molecule has 0 unspecified atom stereocenters. The number of likely N-dealkylation sites (N-methyl/N-ethyl adjacent to an activating group) is 1. The van der Waals surface area contributed by atoms with Gasteiger partial charge in [-0.3, -0.25) is 9.48 Å². The number of carbonyl (C=O) groups excluding carboxylic acids is 1. The molecule has 2 rings (SSSR count). The molecule has 0 bridgehead atoms. The van der Waals surface area contributed by atoms with Crippen molar-refractivity contribution in [3.05, 3.63) is 42.1 Å². The second-order valence-corrected chi connectivity index (χ2v) is 3.87. The van der Waals surface area contributed by atoms with Gasteiger partial charge in [-0.25, -0.2) is 0 Å². The third-order valence-electron chi connectivity index (χ3n) is 2.66. The number of nitrogens with one attached hydrogen (secondary N) is 1. The molecular formula is C13H15N3O. The molecule has 1 N–H and O–H groups in total. The fraction of sp³-hybridized carbons (Fsp3) is 0.231. The summed E-state index contributed by atoms with van der Waals surface area (Å²) in [5.41, 5.74) is 2.83. The van der Waals surface area contributed by atoms with Gasteiger partial charge < -0.3 is 5.32 Å². The number of carbonyl (C=O) groups is 1. The Balaban J connectivity index is 2.25. The number of hydrogen-bond donors (Lipinski definition) is 1. The highest BCUT2D eigenvalue weighted by atomic mass is 16.1. The van der Waals surface area contributed by atoms with Gasteiger partial charge >= 0.3 is 0 Å². The normalized spacial score (nSPS) is 10.5. The van der Waals surface area contributed by atoms with Gasteiger partial charge in [0, 0.05) is 18.8 Å². The quantitative estimate of drug-likeness (QED) is 0.808. The van der Waals surface area contributed by atoms with Crippen molar-refractivity contribution in [3.8, 4) is 11.3 Å². The standard InChI is InChI=1S/C13H15N3O/c1-14-9-13(17)11-5-3-10(4-6-11)12-7-8-15-16(12)2/h3-8,14H,9H2,1-2H3. The number of hydrogen-bond acceptors (Lipinski definition) is 3. The number of aromatic nitrogens is 2. The van der Waals surface area contributed by atoms with Gasteiger partial charge in [0.15, 0.2) is 5.78 Å². The van der Waals surface area contributed by atoms with E-state index >= 15 is 0 Å². The molecule has 2 aromatic rings. The van der Waals surface area contributed by atoms with Crippen molar-refractivity contribution in [2.75, 3.05) is 13.6 Å². The molecule has 1 heterocycles. The van der Waals surface area contributed by atoms with Crippen LogP contribution in [0.2, 0.25) is 0 Å². The molecule has 0 amide bonds. The van der Waals surface area contributed by atoms with Crippen LogP contribution < -0.4 is 5.32 Å². The average Bonchev–Trinajstić information content (AvgIpc) is 2.76. The maximum absolute atomic E-state index is 11.6. The third kappa shape index (κ3) is 2.42. The number of ketones is 1. The van der Waals surface area contributed by atoms with E-state index in [2.05, 4.69) is 10.4 Å². The predicted molar refractivity (Wildman–Crippen MR) is 66.9 cm³/mol. The summed E-state index contributed by atoms with van der Waals surface area (Å²) >= 11 is 0. The Morgan fingerprint density at radius 2 is 2.00 bits per heavy atom. The summed E-state index contributed by atoms with van der Waals surface area (Å²) in [6.45, 7) is 0.366. The molecule has 0 fully saturated rings. The minimum atomic E-state index is 0.101. The summed E-state index contributed by atoms with van der Waals surface area (Å²) in [7, 11) is 3.66. The molecular weight excluding hydrogens is 214 g/mol. The largest absolute Gasteiger partial charge is 0.313 e. The highest BCUT2D eigenvalue weighted by Gasteiger charge is 2.06. The first kappa shape index (κ1) is 11.5. The van der Waals surface area contributed by atoms with Gasteiger partial charge in [0.05, 0.1) is 12.2 Å². The topological polar surface area (TPSA) is 46.9 Å². The molecule has 0 spiro atoms. The van der Waals surface area contributed by atoms with E-state index in [0.29, 0.717) is 6.54 Å². The van der Waals surface area contributed by atoms with Crippen LogP contribution in [0, 0.1) is 0 Å².